The van der Waals surface area contributed by atoms with E-state index >= 15 is 0 Å². The third-order valence-corrected chi connectivity index (χ3v) is 11.9. The lowest BCUT2D eigenvalue weighted by Gasteiger charge is -2.56. The Morgan fingerprint density at radius 1 is 0.714 bits per heavy atom. The van der Waals surface area contributed by atoms with E-state index in [4.69, 9.17) is 0 Å². The normalized spacial score (nSPS) is 58.8. The average molecular weight is 384 g/mol. The van der Waals surface area contributed by atoms with Crippen molar-refractivity contribution >= 4 is 0 Å². The van der Waals surface area contributed by atoms with Crippen LogP contribution in [0.2, 0.25) is 0 Å². The highest BCUT2D eigenvalue weighted by molar-refractivity contribution is 5.09. The average Bonchev–Trinajstić information content (AvgIpc) is 3.08. The summed E-state index contributed by atoms with van der Waals surface area (Å²) < 4.78 is 0. The molecule has 1 nitrogen and oxygen atoms in total. The molecule has 0 aromatic carbocycles. The maximum Gasteiger partial charge on any atom is 0.0124 e. The predicted molar refractivity (Wildman–Crippen MR) is 117 cm³/mol. The lowest BCUT2D eigenvalue weighted by molar-refractivity contribution is -0.0728. The van der Waals surface area contributed by atoms with Gasteiger partial charge in [-0.2, -0.15) is 0 Å². The maximum absolute atomic E-state index is 3.00. The van der Waals surface area contributed by atoms with Crippen molar-refractivity contribution in [2.45, 2.75) is 97.4 Å². The fourth-order valence-electron chi connectivity index (χ4n) is 10.6. The maximum atomic E-state index is 3.00. The van der Waals surface area contributed by atoms with Crippen LogP contribution in [-0.4, -0.2) is 24.0 Å². The zero-order valence-electron chi connectivity index (χ0n) is 18.9. The van der Waals surface area contributed by atoms with E-state index in [-0.39, 0.29) is 0 Å². The molecule has 11 unspecified atom stereocenters. The molecular weight excluding hydrogens is 338 g/mol. The van der Waals surface area contributed by atoms with E-state index in [9.17, 15) is 0 Å². The van der Waals surface area contributed by atoms with Gasteiger partial charge in [0, 0.05) is 19.1 Å². The molecule has 28 heavy (non-hydrogen) atoms. The van der Waals surface area contributed by atoms with Gasteiger partial charge in [-0.1, -0.05) is 33.6 Å². The highest BCUT2D eigenvalue weighted by Crippen LogP contribution is 2.67. The number of rotatable bonds is 0. The number of nitrogens with zero attached hydrogens (tertiary/aromatic N) is 1. The molecule has 0 amide bonds. The first-order chi connectivity index (χ1) is 13.6. The molecule has 6 rings (SSSR count). The molecule has 6 aliphatic rings. The van der Waals surface area contributed by atoms with Crippen molar-refractivity contribution in [1.82, 2.24) is 4.90 Å². The van der Waals surface area contributed by atoms with Crippen molar-refractivity contribution in [2.75, 3.05) is 13.1 Å². The molecule has 0 aromatic rings. The third-order valence-electron chi connectivity index (χ3n) is 11.9. The summed E-state index contributed by atoms with van der Waals surface area (Å²) in [5, 5.41) is 0. The molecule has 2 saturated heterocycles. The van der Waals surface area contributed by atoms with Gasteiger partial charge in [0.25, 0.3) is 0 Å². The molecule has 0 N–H and O–H groups in total. The van der Waals surface area contributed by atoms with Crippen molar-refractivity contribution in [3.63, 3.8) is 0 Å². The molecule has 0 aromatic heterocycles. The molecule has 11 atom stereocenters. The van der Waals surface area contributed by atoms with E-state index in [2.05, 4.69) is 25.7 Å². The molecule has 0 bridgehead atoms. The highest BCUT2D eigenvalue weighted by Gasteiger charge is 2.60. The number of fused-ring (bicyclic) bond motifs is 8. The van der Waals surface area contributed by atoms with Gasteiger partial charge in [-0.25, -0.2) is 0 Å². The Kier molecular flexibility index (Phi) is 4.50. The summed E-state index contributed by atoms with van der Waals surface area (Å²) in [6, 6.07) is 0.929. The molecule has 0 radical (unpaired) electrons. The molecule has 6 fully saturated rings. The second kappa shape index (κ2) is 6.73. The van der Waals surface area contributed by atoms with Gasteiger partial charge in [0.1, 0.15) is 0 Å². The fraction of sp³-hybridized carbons (Fsp3) is 1.00. The van der Waals surface area contributed by atoms with Gasteiger partial charge in [0.2, 0.25) is 0 Å². The second-order valence-corrected chi connectivity index (χ2v) is 12.8. The monoisotopic (exact) mass is 383 g/mol. The summed E-state index contributed by atoms with van der Waals surface area (Å²) in [4.78, 5) is 3.00. The van der Waals surface area contributed by atoms with Gasteiger partial charge in [-0.3, -0.25) is 4.90 Å². The molecule has 4 saturated carbocycles. The summed E-state index contributed by atoms with van der Waals surface area (Å²) in [7, 11) is 0. The molecule has 4 aliphatic carbocycles. The number of hydrogen-bond donors (Lipinski definition) is 0. The van der Waals surface area contributed by atoms with Crippen molar-refractivity contribution < 1.29 is 0 Å². The van der Waals surface area contributed by atoms with Crippen LogP contribution >= 0.6 is 0 Å². The minimum Gasteiger partial charge on any atom is -0.300 e. The molecule has 2 aliphatic heterocycles. The summed E-state index contributed by atoms with van der Waals surface area (Å²) in [5.74, 6) is 9.49. The Hall–Kier alpha value is -0.0400. The molecular formula is C27H45N. The quantitative estimate of drug-likeness (QED) is 0.454. The van der Waals surface area contributed by atoms with Crippen LogP contribution in [0.25, 0.3) is 0 Å². The predicted octanol–water partition coefficient (Wildman–Crippen LogP) is 6.62. The largest absolute Gasteiger partial charge is 0.300 e. The van der Waals surface area contributed by atoms with Gasteiger partial charge in [0.05, 0.1) is 0 Å². The summed E-state index contributed by atoms with van der Waals surface area (Å²) >= 11 is 0. The highest BCUT2D eigenvalue weighted by atomic mass is 15.2. The first kappa shape index (κ1) is 18.7. The Morgan fingerprint density at radius 3 is 2.43 bits per heavy atom. The summed E-state index contributed by atoms with van der Waals surface area (Å²) in [5.41, 5.74) is 0.719. The smallest absolute Gasteiger partial charge is 0.0124 e. The van der Waals surface area contributed by atoms with Crippen molar-refractivity contribution in [3.8, 4) is 0 Å². The van der Waals surface area contributed by atoms with E-state index < -0.39 is 0 Å². The van der Waals surface area contributed by atoms with Crippen LogP contribution in [0.3, 0.4) is 0 Å². The fourth-order valence-corrected chi connectivity index (χ4v) is 10.6. The van der Waals surface area contributed by atoms with Gasteiger partial charge in [-0.15, -0.1) is 0 Å². The van der Waals surface area contributed by atoms with Crippen molar-refractivity contribution in [2.24, 2.45) is 58.7 Å². The zero-order chi connectivity index (χ0) is 19.0. The van der Waals surface area contributed by atoms with Crippen LogP contribution in [0.4, 0.5) is 0 Å². The summed E-state index contributed by atoms with van der Waals surface area (Å²) in [6.07, 6.45) is 17.1. The van der Waals surface area contributed by atoms with Crippen molar-refractivity contribution in [3.05, 3.63) is 0 Å². The first-order valence-electron chi connectivity index (χ1n) is 13.3. The Morgan fingerprint density at radius 2 is 1.54 bits per heavy atom. The minimum atomic E-state index is 0.719. The van der Waals surface area contributed by atoms with E-state index in [1.54, 1.807) is 44.9 Å². The van der Waals surface area contributed by atoms with Crippen molar-refractivity contribution in [1.29, 1.82) is 0 Å². The number of piperidine rings is 2. The third kappa shape index (κ3) is 2.59. The van der Waals surface area contributed by atoms with Gasteiger partial charge < -0.3 is 0 Å². The number of hydrogen-bond acceptors (Lipinski definition) is 1. The van der Waals surface area contributed by atoms with Crippen LogP contribution in [0.5, 0.6) is 0 Å². The summed E-state index contributed by atoms with van der Waals surface area (Å²) in [6.45, 7) is 10.8. The lowest BCUT2D eigenvalue weighted by Crippen LogP contribution is -2.58. The van der Waals surface area contributed by atoms with Gasteiger partial charge in [0.15, 0.2) is 0 Å². The van der Waals surface area contributed by atoms with E-state index in [1.807, 2.05) is 0 Å². The van der Waals surface area contributed by atoms with Crippen LogP contribution < -0.4 is 0 Å². The zero-order valence-corrected chi connectivity index (χ0v) is 18.9. The van der Waals surface area contributed by atoms with Crippen LogP contribution in [0.1, 0.15) is 91.4 Å². The first-order valence-corrected chi connectivity index (χ1v) is 13.3. The molecule has 0 spiro atoms. The Bertz CT molecular complexity index is 597. The topological polar surface area (TPSA) is 3.24 Å². The lowest BCUT2D eigenvalue weighted by atomic mass is 9.52. The van der Waals surface area contributed by atoms with Crippen LogP contribution in [0.15, 0.2) is 0 Å². The van der Waals surface area contributed by atoms with Gasteiger partial charge in [-0.05, 0) is 116 Å². The van der Waals surface area contributed by atoms with E-state index in [1.165, 1.54) is 38.8 Å². The standard InChI is InChI=1S/C27H45N/c1-17-7-12-26-18(2)20-10-11-21-22-9-8-19-6-4-5-13-27(19,3)25(22)14-23(21)24(20)16-28(26)15-17/h17-26H,4-16H2,1-3H3. The molecule has 158 valence electrons. The van der Waals surface area contributed by atoms with E-state index in [0.29, 0.717) is 0 Å². The second-order valence-electron chi connectivity index (χ2n) is 12.8. The van der Waals surface area contributed by atoms with Crippen LogP contribution in [0, 0.1) is 58.7 Å². The van der Waals surface area contributed by atoms with Gasteiger partial charge >= 0.3 is 0 Å². The molecule has 2 heterocycles. The van der Waals surface area contributed by atoms with E-state index in [0.717, 1.165) is 64.7 Å². The SMILES string of the molecule is CC1CCC2C(C)C3CCC4C(CC5C4CCC4CCCCC45C)C3CN2C1. The van der Waals surface area contributed by atoms with Crippen LogP contribution in [-0.2, 0) is 0 Å². The Balaban J connectivity index is 1.27. The molecule has 1 heteroatoms. The Labute approximate surface area is 174 Å². The minimum absolute atomic E-state index is 0.719.